The van der Waals surface area contributed by atoms with E-state index in [2.05, 4.69) is 15.3 Å². The fraction of sp³-hybridized carbons (Fsp3) is 0.222. The van der Waals surface area contributed by atoms with Crippen molar-refractivity contribution in [3.8, 4) is 0 Å². The Balaban J connectivity index is 2.79. The number of carbonyl (C=O) groups is 1. The average molecular weight is 223 g/mol. The number of hydrogen-bond acceptors (Lipinski definition) is 3. The number of halogens is 1. The van der Waals surface area contributed by atoms with E-state index in [4.69, 9.17) is 11.3 Å². The number of carbonyl (C=O) groups excluding carboxylic acids is 1. The van der Waals surface area contributed by atoms with E-state index in [0.717, 1.165) is 0 Å². The number of para-hydroxylation sites is 1. The van der Waals surface area contributed by atoms with Gasteiger partial charge in [-0.3, -0.25) is 4.79 Å². The van der Waals surface area contributed by atoms with Gasteiger partial charge in [0.2, 0.25) is 5.91 Å². The van der Waals surface area contributed by atoms with Crippen LogP contribution in [0, 0.1) is 5.82 Å². The van der Waals surface area contributed by atoms with E-state index in [1.54, 1.807) is 6.07 Å². The molecule has 0 aliphatic rings. The fourth-order valence-corrected chi connectivity index (χ4v) is 1.09. The van der Waals surface area contributed by atoms with Gasteiger partial charge >= 0.3 is 0 Å². The summed E-state index contributed by atoms with van der Waals surface area (Å²) >= 11 is 0. The number of amides is 1. The van der Waals surface area contributed by atoms with Gasteiger partial charge in [-0.1, -0.05) is 17.2 Å². The van der Waals surface area contributed by atoms with Gasteiger partial charge in [0.15, 0.2) is 0 Å². The van der Waals surface area contributed by atoms with Crippen LogP contribution in [0.4, 0.5) is 10.1 Å². The minimum absolute atomic E-state index is 0.138. The van der Waals surface area contributed by atoms with E-state index >= 15 is 0 Å². The van der Waals surface area contributed by atoms with Gasteiger partial charge in [0, 0.05) is 4.91 Å². The quantitative estimate of drug-likeness (QED) is 0.447. The van der Waals surface area contributed by atoms with Crippen LogP contribution in [0.3, 0.4) is 0 Å². The average Bonchev–Trinajstić information content (AvgIpc) is 2.26. The Bertz CT molecular complexity index is 430. The predicted octanol–water partition coefficient (Wildman–Crippen LogP) is 1.40. The first kappa shape index (κ1) is 11.8. The van der Waals surface area contributed by atoms with Gasteiger partial charge in [0.1, 0.15) is 11.9 Å². The van der Waals surface area contributed by atoms with E-state index < -0.39 is 17.8 Å². The number of anilines is 1. The molecule has 1 atom stereocenters. The highest BCUT2D eigenvalue weighted by molar-refractivity contribution is 5.83. The van der Waals surface area contributed by atoms with Crippen LogP contribution in [0.1, 0.15) is 0 Å². The molecule has 3 N–H and O–H groups in total. The highest BCUT2D eigenvalue weighted by Crippen LogP contribution is 2.13. The van der Waals surface area contributed by atoms with Crippen molar-refractivity contribution in [2.75, 3.05) is 11.9 Å². The van der Waals surface area contributed by atoms with Crippen molar-refractivity contribution >= 4 is 11.6 Å². The summed E-state index contributed by atoms with van der Waals surface area (Å²) in [5, 5.41) is 5.78. The number of azide groups is 1. The van der Waals surface area contributed by atoms with Crippen LogP contribution in [0.2, 0.25) is 0 Å². The topological polar surface area (TPSA) is 104 Å². The second-order valence-electron chi connectivity index (χ2n) is 2.99. The maximum Gasteiger partial charge on any atom is 0.240 e. The van der Waals surface area contributed by atoms with Gasteiger partial charge in [-0.25, -0.2) is 4.39 Å². The van der Waals surface area contributed by atoms with Gasteiger partial charge in [0.05, 0.1) is 12.2 Å². The summed E-state index contributed by atoms with van der Waals surface area (Å²) in [7, 11) is 0. The van der Waals surface area contributed by atoms with Gasteiger partial charge < -0.3 is 11.1 Å². The van der Waals surface area contributed by atoms with Crippen LogP contribution in [-0.4, -0.2) is 18.5 Å². The molecule has 0 saturated carbocycles. The fourth-order valence-electron chi connectivity index (χ4n) is 1.09. The summed E-state index contributed by atoms with van der Waals surface area (Å²) in [4.78, 5) is 13.5. The van der Waals surface area contributed by atoms with Crippen molar-refractivity contribution in [3.05, 3.63) is 40.5 Å². The Morgan fingerprint density at radius 1 is 1.62 bits per heavy atom. The van der Waals surface area contributed by atoms with E-state index in [9.17, 15) is 9.18 Å². The molecule has 1 aromatic carbocycles. The SMILES string of the molecule is [N-]=[N+]=NCC(Nc1ccccc1F)C(N)=O. The summed E-state index contributed by atoms with van der Waals surface area (Å²) in [6.07, 6.45) is 0. The molecule has 7 heteroatoms. The molecule has 0 aromatic heterocycles. The molecule has 0 saturated heterocycles. The number of nitrogens with zero attached hydrogens (tertiary/aromatic N) is 3. The van der Waals surface area contributed by atoms with Crippen LogP contribution in [-0.2, 0) is 4.79 Å². The van der Waals surface area contributed by atoms with Crippen molar-refractivity contribution < 1.29 is 9.18 Å². The molecule has 0 radical (unpaired) electrons. The van der Waals surface area contributed by atoms with Crippen LogP contribution in [0.5, 0.6) is 0 Å². The standard InChI is InChI=1S/C9H10FN5O/c10-6-3-1-2-4-7(6)14-8(9(11)16)5-13-15-12/h1-4,8,14H,5H2,(H2,11,16). The Morgan fingerprint density at radius 3 is 2.88 bits per heavy atom. The zero-order valence-electron chi connectivity index (χ0n) is 8.30. The first-order valence-electron chi connectivity index (χ1n) is 4.46. The first-order valence-corrected chi connectivity index (χ1v) is 4.46. The third-order valence-corrected chi connectivity index (χ3v) is 1.87. The van der Waals surface area contributed by atoms with Crippen molar-refractivity contribution in [1.82, 2.24) is 0 Å². The molecule has 1 rings (SSSR count). The number of hydrogen-bond donors (Lipinski definition) is 2. The Kier molecular flexibility index (Phi) is 4.11. The maximum absolute atomic E-state index is 13.2. The lowest BCUT2D eigenvalue weighted by Gasteiger charge is -2.14. The Hall–Kier alpha value is -2.27. The summed E-state index contributed by atoms with van der Waals surface area (Å²) in [5.74, 6) is -1.22. The molecule has 16 heavy (non-hydrogen) atoms. The molecule has 84 valence electrons. The normalized spacial score (nSPS) is 11.3. The van der Waals surface area contributed by atoms with Crippen LogP contribution in [0.15, 0.2) is 29.4 Å². The number of benzene rings is 1. The molecule has 0 aliphatic heterocycles. The van der Waals surface area contributed by atoms with Crippen molar-refractivity contribution in [1.29, 1.82) is 0 Å². The van der Waals surface area contributed by atoms with Crippen LogP contribution >= 0.6 is 0 Å². The molecular weight excluding hydrogens is 213 g/mol. The molecular formula is C9H10FN5O. The maximum atomic E-state index is 13.2. The van der Waals surface area contributed by atoms with Crippen LogP contribution < -0.4 is 11.1 Å². The lowest BCUT2D eigenvalue weighted by Crippen LogP contribution is -2.38. The minimum Gasteiger partial charge on any atom is -0.371 e. The number of nitrogens with two attached hydrogens (primary N) is 1. The van der Waals surface area contributed by atoms with Crippen molar-refractivity contribution in [3.63, 3.8) is 0 Å². The number of nitrogens with one attached hydrogen (secondary N) is 1. The number of primary amides is 1. The molecule has 0 aliphatic carbocycles. The smallest absolute Gasteiger partial charge is 0.240 e. The third-order valence-electron chi connectivity index (χ3n) is 1.87. The van der Waals surface area contributed by atoms with Gasteiger partial charge in [0.25, 0.3) is 0 Å². The van der Waals surface area contributed by atoms with E-state index in [0.29, 0.717) is 0 Å². The summed E-state index contributed by atoms with van der Waals surface area (Å²) in [5.41, 5.74) is 13.3. The van der Waals surface area contributed by atoms with Gasteiger partial charge in [-0.05, 0) is 17.7 Å². The molecule has 0 bridgehead atoms. The van der Waals surface area contributed by atoms with Gasteiger partial charge in [-0.2, -0.15) is 0 Å². The monoisotopic (exact) mass is 223 g/mol. The second kappa shape index (κ2) is 5.57. The van der Waals surface area contributed by atoms with E-state index in [1.807, 2.05) is 0 Å². The zero-order valence-corrected chi connectivity index (χ0v) is 8.30. The molecule has 1 unspecified atom stereocenters. The molecule has 1 amide bonds. The largest absolute Gasteiger partial charge is 0.371 e. The highest BCUT2D eigenvalue weighted by Gasteiger charge is 2.15. The molecule has 0 heterocycles. The third kappa shape index (κ3) is 3.14. The Morgan fingerprint density at radius 2 is 2.31 bits per heavy atom. The van der Waals surface area contributed by atoms with E-state index in [1.165, 1.54) is 18.2 Å². The second-order valence-corrected chi connectivity index (χ2v) is 2.99. The van der Waals surface area contributed by atoms with Crippen LogP contribution in [0.25, 0.3) is 10.4 Å². The first-order chi connectivity index (χ1) is 7.65. The Labute approximate surface area is 90.9 Å². The molecule has 6 nitrogen and oxygen atoms in total. The van der Waals surface area contributed by atoms with Crippen molar-refractivity contribution in [2.24, 2.45) is 10.8 Å². The highest BCUT2D eigenvalue weighted by atomic mass is 19.1. The summed E-state index contributed by atoms with van der Waals surface area (Å²) < 4.78 is 13.2. The zero-order chi connectivity index (χ0) is 12.0. The summed E-state index contributed by atoms with van der Waals surface area (Å²) in [6.45, 7) is -0.167. The lowest BCUT2D eigenvalue weighted by molar-refractivity contribution is -0.118. The van der Waals surface area contributed by atoms with E-state index in [-0.39, 0.29) is 12.2 Å². The van der Waals surface area contributed by atoms with Crippen molar-refractivity contribution in [2.45, 2.75) is 6.04 Å². The minimum atomic E-state index is -0.923. The number of rotatable bonds is 5. The lowest BCUT2D eigenvalue weighted by atomic mass is 10.2. The molecule has 0 spiro atoms. The molecule has 0 fully saturated rings. The predicted molar refractivity (Wildman–Crippen MR) is 57.0 cm³/mol. The summed E-state index contributed by atoms with van der Waals surface area (Å²) in [6, 6.07) is 4.91. The van der Waals surface area contributed by atoms with Gasteiger partial charge in [-0.15, -0.1) is 0 Å². The molecule has 1 aromatic rings.